The van der Waals surface area contributed by atoms with Crippen LogP contribution in [0.4, 0.5) is 0 Å². The summed E-state index contributed by atoms with van der Waals surface area (Å²) in [5.74, 6) is 0.810. The molecule has 21 heavy (non-hydrogen) atoms. The minimum Gasteiger partial charge on any atom is -0.392 e. The Morgan fingerprint density at radius 2 is 2.19 bits per heavy atom. The van der Waals surface area contributed by atoms with Crippen LogP contribution in [0.2, 0.25) is 5.02 Å². The highest BCUT2D eigenvalue weighted by Crippen LogP contribution is 2.30. The second-order valence-corrected chi connectivity index (χ2v) is 8.86. The lowest BCUT2D eigenvalue weighted by molar-refractivity contribution is 0.280. The third-order valence-corrected chi connectivity index (χ3v) is 7.36. The Morgan fingerprint density at radius 1 is 1.48 bits per heavy atom. The predicted molar refractivity (Wildman–Crippen MR) is 87.4 cm³/mol. The zero-order valence-electron chi connectivity index (χ0n) is 12.2. The molecule has 0 aromatic heterocycles. The van der Waals surface area contributed by atoms with Crippen molar-refractivity contribution < 1.29 is 13.5 Å². The van der Waals surface area contributed by atoms with Gasteiger partial charge in [0.2, 0.25) is 10.0 Å². The third-order valence-electron chi connectivity index (χ3n) is 3.78. The molecule has 0 amide bonds. The van der Waals surface area contributed by atoms with Crippen LogP contribution in [0.5, 0.6) is 0 Å². The molecule has 1 N–H and O–H groups in total. The SMILES string of the molecule is CCC1CN(S(=O)(=O)c2cc(Cl)cc(CO)c2C)CCS1. The predicted octanol–water partition coefficient (Wildman–Crippen LogP) is 2.66. The Labute approximate surface area is 135 Å². The standard InChI is InChI=1S/C14H20ClNO3S2/c1-3-13-8-16(4-5-20-13)21(18,19)14-7-12(15)6-11(9-17)10(14)2/h6-7,13,17H,3-5,8-9H2,1-2H3. The number of thioether (sulfide) groups is 1. The topological polar surface area (TPSA) is 57.6 Å². The van der Waals surface area contributed by atoms with Gasteiger partial charge < -0.3 is 5.11 Å². The quantitative estimate of drug-likeness (QED) is 0.907. The van der Waals surface area contributed by atoms with E-state index < -0.39 is 10.0 Å². The summed E-state index contributed by atoms with van der Waals surface area (Å²) in [6.07, 6.45) is 0.951. The first kappa shape index (κ1) is 17.1. The fraction of sp³-hybridized carbons (Fsp3) is 0.571. The van der Waals surface area contributed by atoms with E-state index in [-0.39, 0.29) is 11.5 Å². The second-order valence-electron chi connectivity index (χ2n) is 5.11. The Hall–Kier alpha value is -0.270. The van der Waals surface area contributed by atoms with Gasteiger partial charge in [0.1, 0.15) is 0 Å². The number of aliphatic hydroxyl groups excluding tert-OH is 1. The van der Waals surface area contributed by atoms with Crippen LogP contribution in [0, 0.1) is 6.92 Å². The maximum absolute atomic E-state index is 12.9. The molecule has 0 spiro atoms. The van der Waals surface area contributed by atoms with E-state index in [9.17, 15) is 13.5 Å². The van der Waals surface area contributed by atoms with E-state index in [2.05, 4.69) is 6.92 Å². The van der Waals surface area contributed by atoms with Gasteiger partial charge in [0.15, 0.2) is 0 Å². The molecular formula is C14H20ClNO3S2. The highest BCUT2D eigenvalue weighted by Gasteiger charge is 2.31. The molecule has 118 valence electrons. The molecule has 1 aliphatic heterocycles. The Balaban J connectivity index is 2.42. The van der Waals surface area contributed by atoms with Crippen molar-refractivity contribution in [1.82, 2.24) is 4.31 Å². The third kappa shape index (κ3) is 3.56. The van der Waals surface area contributed by atoms with E-state index in [1.807, 2.05) is 11.8 Å². The fourth-order valence-electron chi connectivity index (χ4n) is 2.44. The molecule has 2 rings (SSSR count). The molecule has 1 fully saturated rings. The monoisotopic (exact) mass is 349 g/mol. The van der Waals surface area contributed by atoms with Gasteiger partial charge in [-0.2, -0.15) is 16.1 Å². The zero-order chi connectivity index (χ0) is 15.6. The molecule has 1 aromatic carbocycles. The second kappa shape index (κ2) is 6.87. The van der Waals surface area contributed by atoms with Crippen molar-refractivity contribution in [2.24, 2.45) is 0 Å². The van der Waals surface area contributed by atoms with Gasteiger partial charge >= 0.3 is 0 Å². The van der Waals surface area contributed by atoms with Crippen LogP contribution in [-0.4, -0.2) is 41.9 Å². The molecule has 7 heteroatoms. The number of hydrogen-bond donors (Lipinski definition) is 1. The first-order valence-corrected chi connectivity index (χ1v) is 9.78. The van der Waals surface area contributed by atoms with E-state index in [1.54, 1.807) is 13.0 Å². The largest absolute Gasteiger partial charge is 0.392 e. The van der Waals surface area contributed by atoms with Crippen molar-refractivity contribution in [3.05, 3.63) is 28.3 Å². The van der Waals surface area contributed by atoms with E-state index in [1.165, 1.54) is 10.4 Å². The summed E-state index contributed by atoms with van der Waals surface area (Å²) in [6.45, 7) is 4.61. The molecule has 0 aliphatic carbocycles. The van der Waals surface area contributed by atoms with Crippen molar-refractivity contribution in [1.29, 1.82) is 0 Å². The van der Waals surface area contributed by atoms with E-state index in [0.29, 0.717) is 34.5 Å². The summed E-state index contributed by atoms with van der Waals surface area (Å²) in [7, 11) is -3.57. The van der Waals surface area contributed by atoms with Gasteiger partial charge in [-0.15, -0.1) is 0 Å². The molecule has 0 radical (unpaired) electrons. The molecule has 4 nitrogen and oxygen atoms in total. The summed E-state index contributed by atoms with van der Waals surface area (Å²) >= 11 is 7.82. The molecule has 1 aromatic rings. The normalized spacial score (nSPS) is 20.7. The Morgan fingerprint density at radius 3 is 2.81 bits per heavy atom. The van der Waals surface area contributed by atoms with Gasteiger partial charge in [-0.05, 0) is 36.6 Å². The minimum atomic E-state index is -3.57. The summed E-state index contributed by atoms with van der Waals surface area (Å²) in [5, 5.41) is 10.0. The molecule has 0 bridgehead atoms. The summed E-state index contributed by atoms with van der Waals surface area (Å²) in [5.41, 5.74) is 1.13. The Kier molecular flexibility index (Phi) is 5.59. The van der Waals surface area contributed by atoms with Crippen molar-refractivity contribution in [3.63, 3.8) is 0 Å². The molecule has 1 heterocycles. The van der Waals surface area contributed by atoms with E-state index >= 15 is 0 Å². The van der Waals surface area contributed by atoms with Gasteiger partial charge in [0.05, 0.1) is 11.5 Å². The number of rotatable bonds is 4. The molecule has 1 aliphatic rings. The zero-order valence-corrected chi connectivity index (χ0v) is 14.6. The number of benzene rings is 1. The number of hydrogen-bond acceptors (Lipinski definition) is 4. The fourth-order valence-corrected chi connectivity index (χ4v) is 5.91. The number of aliphatic hydroxyl groups is 1. The molecule has 1 saturated heterocycles. The maximum atomic E-state index is 12.9. The van der Waals surface area contributed by atoms with Crippen LogP contribution in [0.1, 0.15) is 24.5 Å². The van der Waals surface area contributed by atoms with E-state index in [4.69, 9.17) is 11.6 Å². The lowest BCUT2D eigenvalue weighted by atomic mass is 10.1. The summed E-state index contributed by atoms with van der Waals surface area (Å²) in [6, 6.07) is 3.09. The highest BCUT2D eigenvalue weighted by atomic mass is 35.5. The Bertz CT molecular complexity index is 619. The van der Waals surface area contributed by atoms with Crippen LogP contribution in [0.3, 0.4) is 0 Å². The van der Waals surface area contributed by atoms with Gasteiger partial charge in [-0.1, -0.05) is 18.5 Å². The molecule has 0 saturated carbocycles. The van der Waals surface area contributed by atoms with Crippen LogP contribution in [-0.2, 0) is 16.6 Å². The van der Waals surface area contributed by atoms with E-state index in [0.717, 1.165) is 12.2 Å². The van der Waals surface area contributed by atoms with Crippen LogP contribution < -0.4 is 0 Å². The summed E-state index contributed by atoms with van der Waals surface area (Å²) < 4.78 is 27.3. The van der Waals surface area contributed by atoms with Crippen molar-refractivity contribution in [2.45, 2.75) is 37.0 Å². The van der Waals surface area contributed by atoms with Gasteiger partial charge in [0, 0.05) is 29.1 Å². The van der Waals surface area contributed by atoms with Crippen LogP contribution >= 0.6 is 23.4 Å². The van der Waals surface area contributed by atoms with Gasteiger partial charge in [-0.3, -0.25) is 0 Å². The minimum absolute atomic E-state index is 0.209. The van der Waals surface area contributed by atoms with Gasteiger partial charge in [-0.25, -0.2) is 8.42 Å². The van der Waals surface area contributed by atoms with Crippen molar-refractivity contribution in [3.8, 4) is 0 Å². The smallest absolute Gasteiger partial charge is 0.243 e. The van der Waals surface area contributed by atoms with Crippen LogP contribution in [0.15, 0.2) is 17.0 Å². The van der Waals surface area contributed by atoms with Crippen LogP contribution in [0.25, 0.3) is 0 Å². The lowest BCUT2D eigenvalue weighted by Crippen LogP contribution is -2.41. The maximum Gasteiger partial charge on any atom is 0.243 e. The lowest BCUT2D eigenvalue weighted by Gasteiger charge is -2.31. The van der Waals surface area contributed by atoms with Crippen molar-refractivity contribution in [2.75, 3.05) is 18.8 Å². The van der Waals surface area contributed by atoms with Crippen molar-refractivity contribution >= 4 is 33.4 Å². The molecule has 1 atom stereocenters. The molecule has 1 unspecified atom stereocenters. The summed E-state index contributed by atoms with van der Waals surface area (Å²) in [4.78, 5) is 0.209. The number of nitrogens with zero attached hydrogens (tertiary/aromatic N) is 1. The average molecular weight is 350 g/mol. The first-order valence-electron chi connectivity index (χ1n) is 6.91. The molecular weight excluding hydrogens is 330 g/mol. The highest BCUT2D eigenvalue weighted by molar-refractivity contribution is 8.00. The number of sulfonamides is 1. The average Bonchev–Trinajstić information content (AvgIpc) is 2.49. The van der Waals surface area contributed by atoms with Gasteiger partial charge in [0.25, 0.3) is 0 Å². The first-order chi connectivity index (χ1) is 9.90. The number of halogens is 1.